The number of primary amides is 1. The zero-order valence-corrected chi connectivity index (χ0v) is 16.9. The van der Waals surface area contributed by atoms with Crippen molar-refractivity contribution in [2.45, 2.75) is 44.6 Å². The molecule has 2 N–H and O–H groups in total. The highest BCUT2D eigenvalue weighted by Crippen LogP contribution is 2.49. The molecule has 1 aliphatic carbocycles. The Hall–Kier alpha value is -2.13. The van der Waals surface area contributed by atoms with Crippen LogP contribution in [0.3, 0.4) is 0 Å². The second kappa shape index (κ2) is 8.08. The van der Waals surface area contributed by atoms with Crippen molar-refractivity contribution in [3.63, 3.8) is 0 Å². The molecule has 1 saturated carbocycles. The van der Waals surface area contributed by atoms with Crippen molar-refractivity contribution in [2.75, 3.05) is 13.1 Å². The Morgan fingerprint density at radius 2 is 1.57 bits per heavy atom. The van der Waals surface area contributed by atoms with Gasteiger partial charge in [0.1, 0.15) is 0 Å². The van der Waals surface area contributed by atoms with E-state index in [-0.39, 0.29) is 5.91 Å². The van der Waals surface area contributed by atoms with Gasteiger partial charge in [0.25, 0.3) is 0 Å². The molecule has 2 bridgehead atoms. The van der Waals surface area contributed by atoms with E-state index in [2.05, 4.69) is 54.3 Å². The van der Waals surface area contributed by atoms with Gasteiger partial charge in [-0.15, -0.1) is 0 Å². The number of hydrogen-bond donors (Lipinski definition) is 1. The number of hydrogen-bond acceptors (Lipinski definition) is 2. The number of likely N-dealkylation sites (tertiary alicyclic amines) is 1. The van der Waals surface area contributed by atoms with Gasteiger partial charge in [0.2, 0.25) is 5.91 Å². The largest absolute Gasteiger partial charge is 0.369 e. The first-order valence-electron chi connectivity index (χ1n) is 10.7. The summed E-state index contributed by atoms with van der Waals surface area (Å²) in [5, 5.41) is 0. The van der Waals surface area contributed by atoms with E-state index in [1.807, 2.05) is 18.2 Å². The Morgan fingerprint density at radius 3 is 2.11 bits per heavy atom. The van der Waals surface area contributed by atoms with Gasteiger partial charge in [-0.1, -0.05) is 67.6 Å². The van der Waals surface area contributed by atoms with Crippen LogP contribution in [0, 0.1) is 17.8 Å². The number of amides is 1. The predicted molar refractivity (Wildman–Crippen MR) is 114 cm³/mol. The molecule has 3 nitrogen and oxygen atoms in total. The molecule has 2 fully saturated rings. The summed E-state index contributed by atoms with van der Waals surface area (Å²) in [4.78, 5) is 15.3. The van der Waals surface area contributed by atoms with E-state index in [0.717, 1.165) is 38.0 Å². The number of piperidine rings is 1. The number of nitrogens with zero attached hydrogens (tertiary/aromatic N) is 1. The summed E-state index contributed by atoms with van der Waals surface area (Å²) in [5.41, 5.74) is 7.98. The number of benzene rings is 2. The fraction of sp³-hybridized carbons (Fsp3) is 0.480. The number of carbonyl (C=O) groups is 1. The summed E-state index contributed by atoms with van der Waals surface area (Å²) in [6.07, 6.45) is 4.25. The molecule has 1 saturated heterocycles. The molecule has 0 aromatic heterocycles. The van der Waals surface area contributed by atoms with E-state index >= 15 is 0 Å². The topological polar surface area (TPSA) is 46.3 Å². The van der Waals surface area contributed by atoms with Crippen molar-refractivity contribution in [1.29, 1.82) is 0 Å². The molecule has 2 aliphatic rings. The van der Waals surface area contributed by atoms with Gasteiger partial charge in [0.05, 0.1) is 5.41 Å². The Balaban J connectivity index is 1.51. The second-order valence-electron chi connectivity index (χ2n) is 8.81. The third-order valence-electron chi connectivity index (χ3n) is 7.34. The van der Waals surface area contributed by atoms with Gasteiger partial charge in [0.15, 0.2) is 0 Å². The van der Waals surface area contributed by atoms with E-state index in [1.54, 1.807) is 0 Å². The lowest BCUT2D eigenvalue weighted by atomic mass is 9.67. The minimum atomic E-state index is -0.533. The molecule has 1 heterocycles. The van der Waals surface area contributed by atoms with Crippen LogP contribution in [-0.2, 0) is 16.8 Å². The molecule has 3 unspecified atom stereocenters. The molecular formula is C25H32N2O. The van der Waals surface area contributed by atoms with Crippen LogP contribution in [0.15, 0.2) is 60.7 Å². The summed E-state index contributed by atoms with van der Waals surface area (Å²) >= 11 is 0. The van der Waals surface area contributed by atoms with Gasteiger partial charge in [-0.3, -0.25) is 9.69 Å². The van der Waals surface area contributed by atoms with Gasteiger partial charge in [0, 0.05) is 19.6 Å². The number of rotatable bonds is 7. The lowest BCUT2D eigenvalue weighted by molar-refractivity contribution is -0.125. The monoisotopic (exact) mass is 376 g/mol. The van der Waals surface area contributed by atoms with Gasteiger partial charge < -0.3 is 5.73 Å². The van der Waals surface area contributed by atoms with Crippen LogP contribution in [0.25, 0.3) is 0 Å². The van der Waals surface area contributed by atoms with Crippen LogP contribution >= 0.6 is 0 Å². The van der Waals surface area contributed by atoms with Gasteiger partial charge >= 0.3 is 0 Å². The molecule has 3 atom stereocenters. The highest BCUT2D eigenvalue weighted by Gasteiger charge is 2.48. The van der Waals surface area contributed by atoms with Crippen LogP contribution in [0.2, 0.25) is 0 Å². The maximum Gasteiger partial charge on any atom is 0.228 e. The fourth-order valence-corrected chi connectivity index (χ4v) is 5.78. The highest BCUT2D eigenvalue weighted by molar-refractivity contribution is 5.86. The minimum Gasteiger partial charge on any atom is -0.369 e. The Morgan fingerprint density at radius 1 is 1.00 bits per heavy atom. The van der Waals surface area contributed by atoms with Crippen molar-refractivity contribution in [1.82, 2.24) is 4.90 Å². The quantitative estimate of drug-likeness (QED) is 0.780. The standard InChI is InChI=1S/C25H32N2O/c1-2-25(24(26)28,22-11-7-4-8-12-22)15-23-20-13-14-21(23)18-27(17-20)16-19-9-5-3-6-10-19/h3-12,20-21,23H,2,13-18H2,1H3,(H2,26,28). The summed E-state index contributed by atoms with van der Waals surface area (Å²) in [6.45, 7) is 5.44. The van der Waals surface area contributed by atoms with Crippen LogP contribution in [-0.4, -0.2) is 23.9 Å². The van der Waals surface area contributed by atoms with E-state index < -0.39 is 5.41 Å². The van der Waals surface area contributed by atoms with E-state index in [0.29, 0.717) is 17.8 Å². The molecule has 148 valence electrons. The van der Waals surface area contributed by atoms with Crippen LogP contribution in [0.1, 0.15) is 43.7 Å². The van der Waals surface area contributed by atoms with Crippen LogP contribution in [0.5, 0.6) is 0 Å². The zero-order chi connectivity index (χ0) is 19.6. The molecular weight excluding hydrogens is 344 g/mol. The first-order chi connectivity index (χ1) is 13.6. The van der Waals surface area contributed by atoms with Gasteiger partial charge in [-0.25, -0.2) is 0 Å². The SMILES string of the molecule is CCC(CC1C2CCC1CN(Cc1ccccc1)C2)(C(N)=O)c1ccccc1. The van der Waals surface area contributed by atoms with E-state index in [9.17, 15) is 4.79 Å². The molecule has 4 rings (SSSR count). The van der Waals surface area contributed by atoms with Crippen molar-refractivity contribution < 1.29 is 4.79 Å². The summed E-state index contributed by atoms with van der Waals surface area (Å²) in [5.74, 6) is 1.79. The summed E-state index contributed by atoms with van der Waals surface area (Å²) < 4.78 is 0. The number of nitrogens with two attached hydrogens (primary N) is 1. The maximum absolute atomic E-state index is 12.7. The molecule has 0 radical (unpaired) electrons. The Kier molecular flexibility index (Phi) is 5.54. The molecule has 2 aromatic rings. The zero-order valence-electron chi connectivity index (χ0n) is 16.9. The smallest absolute Gasteiger partial charge is 0.228 e. The van der Waals surface area contributed by atoms with Crippen molar-refractivity contribution >= 4 is 5.91 Å². The lowest BCUT2D eigenvalue weighted by Crippen LogP contribution is -2.48. The lowest BCUT2D eigenvalue weighted by Gasteiger charge is -2.42. The van der Waals surface area contributed by atoms with Crippen molar-refractivity contribution in [3.8, 4) is 0 Å². The summed E-state index contributed by atoms with van der Waals surface area (Å²) in [7, 11) is 0. The molecule has 3 heteroatoms. The molecule has 0 spiro atoms. The molecule has 1 aliphatic heterocycles. The maximum atomic E-state index is 12.7. The first-order valence-corrected chi connectivity index (χ1v) is 10.7. The Labute approximate surface area is 168 Å². The number of fused-ring (bicyclic) bond motifs is 2. The van der Waals surface area contributed by atoms with Crippen molar-refractivity contribution in [3.05, 3.63) is 71.8 Å². The predicted octanol–water partition coefficient (Wildman–Crippen LogP) is 4.37. The second-order valence-corrected chi connectivity index (χ2v) is 8.81. The van der Waals surface area contributed by atoms with Gasteiger partial charge in [-0.05, 0) is 54.6 Å². The van der Waals surface area contributed by atoms with Gasteiger partial charge in [-0.2, -0.15) is 0 Å². The first kappa shape index (κ1) is 19.2. The summed E-state index contributed by atoms with van der Waals surface area (Å²) in [6, 6.07) is 21.0. The van der Waals surface area contributed by atoms with E-state index in [1.165, 1.54) is 18.4 Å². The average molecular weight is 377 g/mol. The molecule has 1 amide bonds. The third kappa shape index (κ3) is 3.60. The highest BCUT2D eigenvalue weighted by atomic mass is 16.1. The molecule has 28 heavy (non-hydrogen) atoms. The Bertz CT molecular complexity index is 777. The van der Waals surface area contributed by atoms with E-state index in [4.69, 9.17) is 5.73 Å². The van der Waals surface area contributed by atoms with Crippen LogP contribution in [0.4, 0.5) is 0 Å². The third-order valence-corrected chi connectivity index (χ3v) is 7.34. The van der Waals surface area contributed by atoms with Crippen molar-refractivity contribution in [2.24, 2.45) is 23.5 Å². The molecule has 2 aromatic carbocycles. The average Bonchev–Trinajstić information content (AvgIpc) is 2.94. The fourth-order valence-electron chi connectivity index (χ4n) is 5.78. The number of carbonyl (C=O) groups excluding carboxylic acids is 1. The van der Waals surface area contributed by atoms with Crippen LogP contribution < -0.4 is 5.73 Å². The minimum absolute atomic E-state index is 0.160. The normalized spacial score (nSPS) is 26.7.